The maximum atomic E-state index is 13.3. The van der Waals surface area contributed by atoms with Gasteiger partial charge in [-0.05, 0) is 72.7 Å². The number of pyridine rings is 1. The van der Waals surface area contributed by atoms with E-state index in [1.165, 1.54) is 5.56 Å². The molecular weight excluding hydrogens is 464 g/mol. The van der Waals surface area contributed by atoms with Crippen LogP contribution in [0.2, 0.25) is 0 Å². The molecule has 1 N–H and O–H groups in total. The van der Waals surface area contributed by atoms with Gasteiger partial charge in [-0.15, -0.1) is 5.10 Å². The number of nitrogens with one attached hydrogen (secondary N) is 1. The van der Waals surface area contributed by atoms with Crippen LogP contribution in [-0.4, -0.2) is 49.3 Å². The van der Waals surface area contributed by atoms with Gasteiger partial charge in [-0.2, -0.15) is 0 Å². The standard InChI is InChI=1S/C29H36N6O2/c1-4-26(28-31-32-33-35(28)19-24-11-8-16-37-24)34(15-14-22-9-6-5-7-10-22)18-23-17-25-20(2)12-13-21(3)27(25)30-29(23)36/h5-7,9-10,12-13,17,24,26H,4,8,11,14-16,18-19H2,1-3H3,(H,30,36)/t24-,26+/m0/s1. The molecule has 1 aliphatic heterocycles. The number of aromatic nitrogens is 5. The predicted molar refractivity (Wildman–Crippen MR) is 144 cm³/mol. The molecule has 1 saturated heterocycles. The van der Waals surface area contributed by atoms with Gasteiger partial charge >= 0.3 is 0 Å². The Morgan fingerprint density at radius 1 is 1.16 bits per heavy atom. The lowest BCUT2D eigenvalue weighted by Gasteiger charge is -2.30. The van der Waals surface area contributed by atoms with E-state index in [1.807, 2.05) is 17.7 Å². The highest BCUT2D eigenvalue weighted by Crippen LogP contribution is 2.27. The van der Waals surface area contributed by atoms with Crippen LogP contribution in [0.3, 0.4) is 0 Å². The molecule has 1 fully saturated rings. The Bertz CT molecular complexity index is 1390. The van der Waals surface area contributed by atoms with Crippen molar-refractivity contribution in [2.45, 2.75) is 71.7 Å². The number of H-pyrrole nitrogens is 1. The third-order valence-electron chi connectivity index (χ3n) is 7.51. The average Bonchev–Trinajstić information content (AvgIpc) is 3.59. The Morgan fingerprint density at radius 2 is 1.97 bits per heavy atom. The minimum Gasteiger partial charge on any atom is -0.376 e. The smallest absolute Gasteiger partial charge is 0.252 e. The average molecular weight is 501 g/mol. The van der Waals surface area contributed by atoms with Gasteiger partial charge in [-0.25, -0.2) is 4.68 Å². The molecule has 0 aliphatic carbocycles. The van der Waals surface area contributed by atoms with Crippen LogP contribution >= 0.6 is 0 Å². The number of benzene rings is 2. The zero-order valence-electron chi connectivity index (χ0n) is 22.0. The van der Waals surface area contributed by atoms with Crippen LogP contribution in [0.5, 0.6) is 0 Å². The van der Waals surface area contributed by atoms with Gasteiger partial charge in [0.25, 0.3) is 5.56 Å². The number of hydrogen-bond donors (Lipinski definition) is 1. The van der Waals surface area contributed by atoms with Crippen molar-refractivity contribution in [2.75, 3.05) is 13.2 Å². The van der Waals surface area contributed by atoms with Gasteiger partial charge in [0.2, 0.25) is 0 Å². The van der Waals surface area contributed by atoms with Gasteiger partial charge in [-0.1, -0.05) is 49.4 Å². The Labute approximate surface area is 217 Å². The van der Waals surface area contributed by atoms with Crippen LogP contribution in [0.1, 0.15) is 60.3 Å². The molecule has 194 valence electrons. The lowest BCUT2D eigenvalue weighted by molar-refractivity contribution is 0.0893. The van der Waals surface area contributed by atoms with Crippen molar-refractivity contribution in [3.05, 3.63) is 87.0 Å². The second kappa shape index (κ2) is 11.4. The summed E-state index contributed by atoms with van der Waals surface area (Å²) in [4.78, 5) is 18.8. The molecule has 5 rings (SSSR count). The molecule has 37 heavy (non-hydrogen) atoms. The SMILES string of the molecule is CC[C@H](c1nnnn1C[C@@H]1CCCO1)N(CCc1ccccc1)Cc1cc2c(C)ccc(C)c2[nH]c1=O. The van der Waals surface area contributed by atoms with Crippen LogP contribution in [0.15, 0.2) is 53.3 Å². The Kier molecular flexibility index (Phi) is 7.76. The number of nitrogens with zero attached hydrogens (tertiary/aromatic N) is 5. The van der Waals surface area contributed by atoms with E-state index in [9.17, 15) is 4.79 Å². The van der Waals surface area contributed by atoms with E-state index >= 15 is 0 Å². The third kappa shape index (κ3) is 5.65. The molecule has 2 atom stereocenters. The molecule has 0 radical (unpaired) electrons. The van der Waals surface area contributed by atoms with Gasteiger partial charge in [0.15, 0.2) is 5.82 Å². The number of ether oxygens (including phenoxy) is 1. The summed E-state index contributed by atoms with van der Waals surface area (Å²) in [7, 11) is 0. The summed E-state index contributed by atoms with van der Waals surface area (Å²) in [5.41, 5.74) is 5.12. The van der Waals surface area contributed by atoms with Crippen LogP contribution in [0.25, 0.3) is 10.9 Å². The molecule has 2 aromatic carbocycles. The van der Waals surface area contributed by atoms with Crippen LogP contribution < -0.4 is 5.56 Å². The van der Waals surface area contributed by atoms with Gasteiger partial charge in [0.05, 0.1) is 24.2 Å². The number of aromatic amines is 1. The number of aryl methyl sites for hydroxylation is 2. The van der Waals surface area contributed by atoms with E-state index < -0.39 is 0 Å². The number of rotatable bonds is 10. The van der Waals surface area contributed by atoms with E-state index in [0.717, 1.165) is 72.3 Å². The molecule has 1 aliphatic rings. The minimum atomic E-state index is -0.0419. The van der Waals surface area contributed by atoms with Crippen molar-refractivity contribution in [3.8, 4) is 0 Å². The van der Waals surface area contributed by atoms with Crippen molar-refractivity contribution in [1.82, 2.24) is 30.1 Å². The maximum absolute atomic E-state index is 13.3. The van der Waals surface area contributed by atoms with Crippen molar-refractivity contribution in [3.63, 3.8) is 0 Å². The van der Waals surface area contributed by atoms with Crippen molar-refractivity contribution in [2.24, 2.45) is 0 Å². The van der Waals surface area contributed by atoms with Crippen molar-refractivity contribution in [1.29, 1.82) is 0 Å². The maximum Gasteiger partial charge on any atom is 0.252 e. The summed E-state index contributed by atoms with van der Waals surface area (Å²) in [6, 6.07) is 16.7. The molecule has 4 aromatic rings. The largest absolute Gasteiger partial charge is 0.376 e. The molecule has 0 bridgehead atoms. The molecule has 0 amide bonds. The zero-order valence-corrected chi connectivity index (χ0v) is 22.0. The Morgan fingerprint density at radius 3 is 2.73 bits per heavy atom. The van der Waals surface area contributed by atoms with E-state index in [-0.39, 0.29) is 17.7 Å². The second-order valence-corrected chi connectivity index (χ2v) is 10.1. The first-order valence-corrected chi connectivity index (χ1v) is 13.3. The first-order valence-electron chi connectivity index (χ1n) is 13.3. The number of fused-ring (bicyclic) bond motifs is 1. The highest BCUT2D eigenvalue weighted by Gasteiger charge is 2.27. The van der Waals surface area contributed by atoms with E-state index in [4.69, 9.17) is 4.74 Å². The van der Waals surface area contributed by atoms with Gasteiger partial charge < -0.3 is 9.72 Å². The normalized spacial score (nSPS) is 16.6. The molecular formula is C29H36N6O2. The summed E-state index contributed by atoms with van der Waals surface area (Å²) < 4.78 is 7.76. The molecule has 3 heterocycles. The molecule has 0 unspecified atom stereocenters. The summed E-state index contributed by atoms with van der Waals surface area (Å²) in [6.07, 6.45) is 3.94. The summed E-state index contributed by atoms with van der Waals surface area (Å²) >= 11 is 0. The lowest BCUT2D eigenvalue weighted by Crippen LogP contribution is -2.34. The fourth-order valence-electron chi connectivity index (χ4n) is 5.38. The molecule has 0 saturated carbocycles. The first kappa shape index (κ1) is 25.3. The van der Waals surface area contributed by atoms with E-state index in [2.05, 4.69) is 81.7 Å². The molecule has 8 nitrogen and oxygen atoms in total. The van der Waals surface area contributed by atoms with Crippen LogP contribution in [0.4, 0.5) is 0 Å². The van der Waals surface area contributed by atoms with Crippen molar-refractivity contribution >= 4 is 10.9 Å². The molecule has 2 aromatic heterocycles. The van der Waals surface area contributed by atoms with E-state index in [0.29, 0.717) is 13.1 Å². The monoisotopic (exact) mass is 500 g/mol. The molecule has 8 heteroatoms. The Balaban J connectivity index is 1.48. The van der Waals surface area contributed by atoms with Crippen LogP contribution in [-0.2, 0) is 24.2 Å². The fraction of sp³-hybridized carbons (Fsp3) is 0.448. The van der Waals surface area contributed by atoms with Crippen molar-refractivity contribution < 1.29 is 4.74 Å². The van der Waals surface area contributed by atoms with Gasteiger partial charge in [-0.3, -0.25) is 9.69 Å². The summed E-state index contributed by atoms with van der Waals surface area (Å²) in [5, 5.41) is 13.9. The summed E-state index contributed by atoms with van der Waals surface area (Å²) in [6.45, 7) is 9.02. The quantitative estimate of drug-likeness (QED) is 0.345. The molecule has 0 spiro atoms. The Hall–Kier alpha value is -3.36. The first-order chi connectivity index (χ1) is 18.0. The van der Waals surface area contributed by atoms with Crippen LogP contribution in [0, 0.1) is 13.8 Å². The highest BCUT2D eigenvalue weighted by atomic mass is 16.5. The van der Waals surface area contributed by atoms with Gasteiger partial charge in [0, 0.05) is 30.6 Å². The highest BCUT2D eigenvalue weighted by molar-refractivity contribution is 5.85. The summed E-state index contributed by atoms with van der Waals surface area (Å²) in [5.74, 6) is 0.829. The zero-order chi connectivity index (χ0) is 25.8. The lowest BCUT2D eigenvalue weighted by atomic mass is 10.0. The number of hydrogen-bond acceptors (Lipinski definition) is 6. The number of tetrazole rings is 1. The third-order valence-corrected chi connectivity index (χ3v) is 7.51. The van der Waals surface area contributed by atoms with E-state index in [1.54, 1.807) is 0 Å². The van der Waals surface area contributed by atoms with Gasteiger partial charge in [0.1, 0.15) is 0 Å². The topological polar surface area (TPSA) is 88.9 Å². The minimum absolute atomic E-state index is 0.0335. The fourth-order valence-corrected chi connectivity index (χ4v) is 5.38. The second-order valence-electron chi connectivity index (χ2n) is 10.1. The predicted octanol–water partition coefficient (Wildman–Crippen LogP) is 4.51.